The molecule has 0 aliphatic heterocycles. The predicted molar refractivity (Wildman–Crippen MR) is 61.0 cm³/mol. The Kier molecular flexibility index (Phi) is 4.83. The summed E-state index contributed by atoms with van der Waals surface area (Å²) >= 11 is 0. The van der Waals surface area contributed by atoms with Gasteiger partial charge in [-0.15, -0.1) is 0 Å². The molecule has 4 heteroatoms. The molecule has 0 saturated heterocycles. The van der Waals surface area contributed by atoms with E-state index >= 15 is 0 Å². The lowest BCUT2D eigenvalue weighted by molar-refractivity contribution is 0.213. The molecule has 0 radical (unpaired) electrons. The van der Waals surface area contributed by atoms with E-state index in [1.54, 1.807) is 0 Å². The molecule has 0 aliphatic carbocycles. The van der Waals surface area contributed by atoms with Gasteiger partial charge in [0.1, 0.15) is 11.6 Å². The fraction of sp³-hybridized carbons (Fsp3) is 0.500. The number of rotatable bonds is 5. The summed E-state index contributed by atoms with van der Waals surface area (Å²) in [6, 6.07) is 4.14. The Bertz CT molecular complexity index is 320. The highest BCUT2D eigenvalue weighted by molar-refractivity contribution is 5.19. The first kappa shape index (κ1) is 13.1. The topological polar surface area (TPSA) is 29.3 Å². The maximum Gasteiger partial charge on any atom is 0.130 e. The van der Waals surface area contributed by atoms with Crippen molar-refractivity contribution < 1.29 is 8.78 Å². The van der Waals surface area contributed by atoms with E-state index in [9.17, 15) is 8.78 Å². The maximum absolute atomic E-state index is 13.4. The summed E-state index contributed by atoms with van der Waals surface area (Å²) in [4.78, 5) is 1.95. The molecule has 0 unspecified atom stereocenters. The highest BCUT2D eigenvalue weighted by Gasteiger charge is 2.15. The average Bonchev–Trinajstić information content (AvgIpc) is 2.21. The van der Waals surface area contributed by atoms with Crippen LogP contribution in [0.5, 0.6) is 0 Å². The summed E-state index contributed by atoms with van der Waals surface area (Å²) in [6.07, 6.45) is 0. The third-order valence-corrected chi connectivity index (χ3v) is 2.57. The summed E-state index contributed by atoms with van der Waals surface area (Å²) in [5.41, 5.74) is 5.58. The summed E-state index contributed by atoms with van der Waals surface area (Å²) in [5, 5.41) is 0. The van der Waals surface area contributed by atoms with Gasteiger partial charge in [0.25, 0.3) is 0 Å². The van der Waals surface area contributed by atoms with Crippen LogP contribution in [0.25, 0.3) is 0 Å². The first-order valence-electron chi connectivity index (χ1n) is 5.43. The molecule has 0 fully saturated rings. The zero-order valence-corrected chi connectivity index (χ0v) is 9.71. The lowest BCUT2D eigenvalue weighted by atomic mass is 10.1. The van der Waals surface area contributed by atoms with E-state index in [0.717, 1.165) is 0 Å². The maximum atomic E-state index is 13.4. The molecule has 0 saturated carbocycles. The third-order valence-electron chi connectivity index (χ3n) is 2.57. The fourth-order valence-corrected chi connectivity index (χ4v) is 1.57. The normalized spacial score (nSPS) is 11.4. The molecule has 0 atom stereocenters. The van der Waals surface area contributed by atoms with Crippen molar-refractivity contribution in [3.63, 3.8) is 0 Å². The SMILES string of the molecule is CC(C)N(CCN)Cc1c(F)cccc1F. The quantitative estimate of drug-likeness (QED) is 0.836. The van der Waals surface area contributed by atoms with Gasteiger partial charge in [-0.3, -0.25) is 4.90 Å². The van der Waals surface area contributed by atoms with Crippen LogP contribution >= 0.6 is 0 Å². The Morgan fingerprint density at radius 3 is 2.25 bits per heavy atom. The van der Waals surface area contributed by atoms with Crippen LogP contribution in [0, 0.1) is 11.6 Å². The highest BCUT2D eigenvalue weighted by atomic mass is 19.1. The summed E-state index contributed by atoms with van der Waals surface area (Å²) < 4.78 is 26.8. The number of benzene rings is 1. The molecule has 0 aliphatic rings. The molecule has 1 rings (SSSR count). The second kappa shape index (κ2) is 5.92. The van der Waals surface area contributed by atoms with Gasteiger partial charge in [-0.2, -0.15) is 0 Å². The smallest absolute Gasteiger partial charge is 0.130 e. The molecule has 0 bridgehead atoms. The van der Waals surface area contributed by atoms with E-state index in [2.05, 4.69) is 0 Å². The zero-order valence-electron chi connectivity index (χ0n) is 9.71. The van der Waals surface area contributed by atoms with Crippen LogP contribution in [0.1, 0.15) is 19.4 Å². The van der Waals surface area contributed by atoms with Gasteiger partial charge in [0.05, 0.1) is 0 Å². The molecule has 0 amide bonds. The molecule has 16 heavy (non-hydrogen) atoms. The van der Waals surface area contributed by atoms with E-state index in [0.29, 0.717) is 13.1 Å². The molecular weight excluding hydrogens is 210 g/mol. The molecular formula is C12H18F2N2. The molecule has 2 N–H and O–H groups in total. The second-order valence-electron chi connectivity index (χ2n) is 4.05. The predicted octanol–water partition coefficient (Wildman–Crippen LogP) is 2.13. The monoisotopic (exact) mass is 228 g/mol. The fourth-order valence-electron chi connectivity index (χ4n) is 1.57. The van der Waals surface area contributed by atoms with Crippen molar-refractivity contribution in [1.82, 2.24) is 4.90 Å². The van der Waals surface area contributed by atoms with Crippen LogP contribution in [-0.2, 0) is 6.54 Å². The van der Waals surface area contributed by atoms with Crippen molar-refractivity contribution in [1.29, 1.82) is 0 Å². The molecule has 1 aromatic rings. The minimum Gasteiger partial charge on any atom is -0.329 e. The zero-order chi connectivity index (χ0) is 12.1. The minimum absolute atomic E-state index is 0.115. The number of halogens is 2. The van der Waals surface area contributed by atoms with E-state index in [4.69, 9.17) is 5.73 Å². The Morgan fingerprint density at radius 2 is 1.81 bits per heavy atom. The first-order chi connectivity index (χ1) is 7.56. The van der Waals surface area contributed by atoms with Gasteiger partial charge >= 0.3 is 0 Å². The largest absolute Gasteiger partial charge is 0.329 e. The van der Waals surface area contributed by atoms with Crippen LogP contribution < -0.4 is 5.73 Å². The van der Waals surface area contributed by atoms with Crippen LogP contribution in [0.3, 0.4) is 0 Å². The molecule has 0 heterocycles. The number of hydrogen-bond acceptors (Lipinski definition) is 2. The van der Waals surface area contributed by atoms with E-state index in [-0.39, 0.29) is 18.2 Å². The van der Waals surface area contributed by atoms with Crippen LogP contribution in [0.15, 0.2) is 18.2 Å². The number of nitrogens with two attached hydrogens (primary N) is 1. The van der Waals surface area contributed by atoms with Gasteiger partial charge in [0.15, 0.2) is 0 Å². The molecule has 90 valence electrons. The first-order valence-corrected chi connectivity index (χ1v) is 5.43. The Hall–Kier alpha value is -1.00. The van der Waals surface area contributed by atoms with Gasteiger partial charge in [-0.25, -0.2) is 8.78 Å². The van der Waals surface area contributed by atoms with Crippen molar-refractivity contribution in [2.24, 2.45) is 5.73 Å². The standard InChI is InChI=1S/C12H18F2N2/c1-9(2)16(7-6-15)8-10-11(13)4-3-5-12(10)14/h3-5,9H,6-8,15H2,1-2H3. The molecule has 0 spiro atoms. The van der Waals surface area contributed by atoms with Crippen molar-refractivity contribution in [3.8, 4) is 0 Å². The second-order valence-corrected chi connectivity index (χ2v) is 4.05. The Morgan fingerprint density at radius 1 is 1.25 bits per heavy atom. The van der Waals surface area contributed by atoms with Gasteiger partial charge in [0, 0.05) is 31.2 Å². The lowest BCUT2D eigenvalue weighted by Crippen LogP contribution is -2.35. The average molecular weight is 228 g/mol. The number of nitrogens with zero attached hydrogens (tertiary/aromatic N) is 1. The van der Waals surface area contributed by atoms with Crippen molar-refractivity contribution >= 4 is 0 Å². The third kappa shape index (κ3) is 3.25. The lowest BCUT2D eigenvalue weighted by Gasteiger charge is -2.26. The van der Waals surface area contributed by atoms with E-state index < -0.39 is 11.6 Å². The molecule has 0 aromatic heterocycles. The van der Waals surface area contributed by atoms with Crippen molar-refractivity contribution in [3.05, 3.63) is 35.4 Å². The molecule has 2 nitrogen and oxygen atoms in total. The highest BCUT2D eigenvalue weighted by Crippen LogP contribution is 2.15. The Labute approximate surface area is 95.1 Å². The van der Waals surface area contributed by atoms with E-state index in [1.165, 1.54) is 18.2 Å². The number of hydrogen-bond donors (Lipinski definition) is 1. The van der Waals surface area contributed by atoms with Gasteiger partial charge in [0.2, 0.25) is 0 Å². The minimum atomic E-state index is -0.498. The van der Waals surface area contributed by atoms with Crippen molar-refractivity contribution in [2.75, 3.05) is 13.1 Å². The van der Waals surface area contributed by atoms with Crippen LogP contribution in [0.4, 0.5) is 8.78 Å². The van der Waals surface area contributed by atoms with Gasteiger partial charge in [-0.05, 0) is 26.0 Å². The summed E-state index contributed by atoms with van der Waals surface area (Å²) in [6.45, 7) is 5.33. The van der Waals surface area contributed by atoms with Gasteiger partial charge in [-0.1, -0.05) is 6.07 Å². The van der Waals surface area contributed by atoms with Crippen LogP contribution in [0.2, 0.25) is 0 Å². The van der Waals surface area contributed by atoms with E-state index in [1.807, 2.05) is 18.7 Å². The van der Waals surface area contributed by atoms with Crippen molar-refractivity contribution in [2.45, 2.75) is 26.4 Å². The molecule has 1 aromatic carbocycles. The summed E-state index contributed by atoms with van der Waals surface area (Å²) in [5.74, 6) is -0.995. The van der Waals surface area contributed by atoms with Crippen LogP contribution in [-0.4, -0.2) is 24.0 Å². The Balaban J connectivity index is 2.84. The van der Waals surface area contributed by atoms with Gasteiger partial charge < -0.3 is 5.73 Å². The summed E-state index contributed by atoms with van der Waals surface area (Å²) in [7, 11) is 0.